The van der Waals surface area contributed by atoms with E-state index in [0.717, 1.165) is 40.8 Å². The zero-order valence-electron chi connectivity index (χ0n) is 22.5. The monoisotopic (exact) mass is 571 g/mol. The first-order valence-electron chi connectivity index (χ1n) is 13.7. The molecule has 7 rings (SSSR count). The first-order chi connectivity index (χ1) is 20.5. The lowest BCUT2D eigenvalue weighted by Crippen LogP contribution is -2.38. The largest absolute Gasteiger partial charge is 0.489 e. The molecule has 4 aromatic carbocycles. The molecule has 1 aliphatic heterocycles. The molecule has 1 aliphatic carbocycles. The number of fused-ring (bicyclic) bond motifs is 3. The molecule has 0 amide bonds. The Hall–Kier alpha value is -5.08. The van der Waals surface area contributed by atoms with Crippen molar-refractivity contribution in [2.75, 3.05) is 0 Å². The number of non-ortho nitro benzene ring substituents is 1. The van der Waals surface area contributed by atoms with Crippen LogP contribution in [0.4, 0.5) is 5.69 Å². The Morgan fingerprint density at radius 3 is 2.55 bits per heavy atom. The van der Waals surface area contributed by atoms with Gasteiger partial charge in [-0.1, -0.05) is 78.1 Å². The fourth-order valence-corrected chi connectivity index (χ4v) is 6.68. The second-order valence-corrected chi connectivity index (χ2v) is 11.3. The molecule has 2 aliphatic rings. The average Bonchev–Trinajstić information content (AvgIpc) is 3.33. The number of nitrogens with zero attached hydrogens (tertiary/aromatic N) is 3. The van der Waals surface area contributed by atoms with E-state index in [-0.39, 0.29) is 23.9 Å². The fourth-order valence-electron chi connectivity index (χ4n) is 5.68. The van der Waals surface area contributed by atoms with E-state index in [0.29, 0.717) is 15.1 Å². The molecule has 0 saturated heterocycles. The van der Waals surface area contributed by atoms with Crippen LogP contribution in [0.3, 0.4) is 0 Å². The molecule has 0 saturated carbocycles. The minimum atomic E-state index is -0.422. The van der Waals surface area contributed by atoms with Crippen LogP contribution in [0.2, 0.25) is 0 Å². The first-order valence-corrected chi connectivity index (χ1v) is 14.5. The topological polar surface area (TPSA) is 86.7 Å². The highest BCUT2D eigenvalue weighted by Gasteiger charge is 2.32. The van der Waals surface area contributed by atoms with Crippen molar-refractivity contribution in [1.29, 1.82) is 0 Å². The van der Waals surface area contributed by atoms with Gasteiger partial charge in [-0.05, 0) is 71.0 Å². The molecule has 8 heteroatoms. The van der Waals surface area contributed by atoms with Gasteiger partial charge in [-0.25, -0.2) is 4.99 Å². The number of allylic oxidation sites excluding steroid dienone is 1. The maximum atomic E-state index is 14.0. The number of ether oxygens (including phenoxy) is 1. The summed E-state index contributed by atoms with van der Waals surface area (Å²) in [6.45, 7) is 0.272. The highest BCUT2D eigenvalue weighted by atomic mass is 32.1. The minimum Gasteiger partial charge on any atom is -0.489 e. The molecule has 0 N–H and O–H groups in total. The molecule has 0 radical (unpaired) electrons. The van der Waals surface area contributed by atoms with Crippen molar-refractivity contribution in [2.24, 2.45) is 4.99 Å². The summed E-state index contributed by atoms with van der Waals surface area (Å²) in [7, 11) is 0. The van der Waals surface area contributed by atoms with Crippen molar-refractivity contribution in [2.45, 2.75) is 25.5 Å². The van der Waals surface area contributed by atoms with Gasteiger partial charge >= 0.3 is 0 Å². The van der Waals surface area contributed by atoms with Crippen molar-refractivity contribution < 1.29 is 9.66 Å². The molecule has 7 nitrogen and oxygen atoms in total. The maximum absolute atomic E-state index is 14.0. The average molecular weight is 572 g/mol. The molecule has 0 unspecified atom stereocenters. The van der Waals surface area contributed by atoms with Crippen LogP contribution in [0.15, 0.2) is 118 Å². The molecule has 1 aromatic heterocycles. The van der Waals surface area contributed by atoms with Gasteiger partial charge < -0.3 is 4.74 Å². The summed E-state index contributed by atoms with van der Waals surface area (Å²) < 4.78 is 8.42. The predicted octanol–water partition coefficient (Wildman–Crippen LogP) is 5.81. The van der Waals surface area contributed by atoms with Crippen molar-refractivity contribution in [3.63, 3.8) is 0 Å². The van der Waals surface area contributed by atoms with Crippen LogP contribution in [0.25, 0.3) is 11.8 Å². The van der Waals surface area contributed by atoms with Gasteiger partial charge in [0.2, 0.25) is 0 Å². The normalized spacial score (nSPS) is 15.8. The Bertz CT molecular complexity index is 2040. The molecule has 0 spiro atoms. The summed E-state index contributed by atoms with van der Waals surface area (Å²) in [5.41, 5.74) is 7.33. The van der Waals surface area contributed by atoms with Gasteiger partial charge in [0.1, 0.15) is 12.4 Å². The van der Waals surface area contributed by atoms with Gasteiger partial charge in [0.05, 0.1) is 21.2 Å². The van der Waals surface area contributed by atoms with E-state index < -0.39 is 4.92 Å². The summed E-state index contributed by atoms with van der Waals surface area (Å²) in [5, 5.41) is 10.9. The highest BCUT2D eigenvalue weighted by molar-refractivity contribution is 7.07. The molecule has 206 valence electrons. The third-order valence-corrected chi connectivity index (χ3v) is 8.68. The molecule has 0 bridgehead atoms. The molecule has 5 aromatic rings. The third kappa shape index (κ3) is 4.76. The van der Waals surface area contributed by atoms with Crippen LogP contribution in [-0.2, 0) is 13.0 Å². The zero-order chi connectivity index (χ0) is 28.6. The van der Waals surface area contributed by atoms with Gasteiger partial charge in [0, 0.05) is 17.7 Å². The quantitative estimate of drug-likeness (QED) is 0.190. The lowest BCUT2D eigenvalue weighted by Gasteiger charge is -2.30. The van der Waals surface area contributed by atoms with Gasteiger partial charge in [0.25, 0.3) is 11.2 Å². The van der Waals surface area contributed by atoms with Crippen LogP contribution < -0.4 is 19.6 Å². The highest BCUT2D eigenvalue weighted by Crippen LogP contribution is 2.41. The number of aryl methyl sites for hydroxylation is 1. The summed E-state index contributed by atoms with van der Waals surface area (Å²) in [4.78, 5) is 30.2. The van der Waals surface area contributed by atoms with Gasteiger partial charge in [0.15, 0.2) is 4.80 Å². The fraction of sp³-hybridized carbons (Fsp3) is 0.118. The maximum Gasteiger partial charge on any atom is 0.271 e. The molecule has 2 heterocycles. The Kier molecular flexibility index (Phi) is 6.60. The Morgan fingerprint density at radius 2 is 1.74 bits per heavy atom. The van der Waals surface area contributed by atoms with Crippen LogP contribution in [-0.4, -0.2) is 9.49 Å². The van der Waals surface area contributed by atoms with E-state index >= 15 is 0 Å². The number of nitro benzene ring substituents is 1. The first kappa shape index (κ1) is 25.9. The van der Waals surface area contributed by atoms with Crippen LogP contribution in [0, 0.1) is 10.1 Å². The summed E-state index contributed by atoms with van der Waals surface area (Å²) >= 11 is 1.40. The number of benzene rings is 4. The Morgan fingerprint density at radius 1 is 0.952 bits per heavy atom. The molecule has 0 fully saturated rings. The number of thiazole rings is 1. The van der Waals surface area contributed by atoms with E-state index in [1.54, 1.807) is 12.1 Å². The minimum absolute atomic E-state index is 0.0433. The van der Waals surface area contributed by atoms with Crippen LogP contribution in [0.5, 0.6) is 5.75 Å². The van der Waals surface area contributed by atoms with E-state index in [9.17, 15) is 14.9 Å². The summed E-state index contributed by atoms with van der Waals surface area (Å²) in [6, 6.07) is 32.3. The van der Waals surface area contributed by atoms with Crippen LogP contribution >= 0.6 is 11.3 Å². The van der Waals surface area contributed by atoms with E-state index in [2.05, 4.69) is 30.3 Å². The van der Waals surface area contributed by atoms with E-state index in [1.807, 2.05) is 59.2 Å². The molecule has 42 heavy (non-hydrogen) atoms. The smallest absolute Gasteiger partial charge is 0.271 e. The lowest BCUT2D eigenvalue weighted by molar-refractivity contribution is -0.384. The lowest BCUT2D eigenvalue weighted by atomic mass is 9.83. The van der Waals surface area contributed by atoms with Gasteiger partial charge in [-0.15, -0.1) is 0 Å². The zero-order valence-corrected chi connectivity index (χ0v) is 23.3. The molecule has 1 atom stereocenters. The number of hydrogen-bond donors (Lipinski definition) is 0. The predicted molar refractivity (Wildman–Crippen MR) is 163 cm³/mol. The summed E-state index contributed by atoms with van der Waals surface area (Å²) in [6.07, 6.45) is 3.67. The van der Waals surface area contributed by atoms with Crippen molar-refractivity contribution in [3.8, 4) is 5.75 Å². The number of rotatable bonds is 6. The van der Waals surface area contributed by atoms with Crippen LogP contribution in [0.1, 0.15) is 40.3 Å². The number of hydrogen-bond acceptors (Lipinski definition) is 6. The van der Waals surface area contributed by atoms with E-state index in [4.69, 9.17) is 9.73 Å². The second kappa shape index (κ2) is 10.7. The standard InChI is InChI=1S/C34H25N3O4S/c38-33-30(20-23-7-6-11-27(19-23)41-21-22-13-16-26(17-14-22)37(39)40)42-34-35-31-28-12-5-4-8-24(28)15-18-29(31)32(36(33)34)25-9-2-1-3-10-25/h1-14,16-17,19-20,32H,15,18,21H2/b30-20+/t32-/m1/s1. The third-order valence-electron chi connectivity index (χ3n) is 7.70. The van der Waals surface area contributed by atoms with Crippen molar-refractivity contribution >= 4 is 28.8 Å². The van der Waals surface area contributed by atoms with Crippen molar-refractivity contribution in [1.82, 2.24) is 4.57 Å². The Balaban J connectivity index is 1.26. The molecular formula is C34H25N3O4S. The number of aromatic nitrogens is 1. The summed E-state index contributed by atoms with van der Waals surface area (Å²) in [5.74, 6) is 0.643. The van der Waals surface area contributed by atoms with Gasteiger partial charge in [-0.2, -0.15) is 0 Å². The second-order valence-electron chi connectivity index (χ2n) is 10.3. The Labute approximate surface area is 245 Å². The number of nitro groups is 1. The van der Waals surface area contributed by atoms with Gasteiger partial charge in [-0.3, -0.25) is 19.5 Å². The SMILES string of the molecule is O=c1/c(=C\c2cccc(OCc3ccc([N+](=O)[O-])cc3)c2)sc2n1[C@H](c1ccccc1)C1=C(N=2)c2ccccc2CC1. The van der Waals surface area contributed by atoms with E-state index in [1.165, 1.54) is 34.6 Å². The molecular weight excluding hydrogens is 546 g/mol. The van der Waals surface area contributed by atoms with Crippen molar-refractivity contribution in [3.05, 3.63) is 166 Å².